The maximum atomic E-state index is 13.2. The number of hydrogen-bond donors (Lipinski definition) is 1. The fraction of sp³-hybridized carbons (Fsp3) is 0.0952. The molecule has 3 aromatic rings. The Balaban J connectivity index is 1.49. The summed E-state index contributed by atoms with van der Waals surface area (Å²) >= 11 is 7.44. The molecular weight excluding hydrogens is 385 g/mol. The van der Waals surface area contributed by atoms with Gasteiger partial charge in [0.1, 0.15) is 11.6 Å². The summed E-state index contributed by atoms with van der Waals surface area (Å²) in [5.41, 5.74) is 0.908. The molecule has 0 aliphatic carbocycles. The minimum absolute atomic E-state index is 0.0371. The van der Waals surface area contributed by atoms with Crippen LogP contribution in [0.4, 0.5) is 10.1 Å². The van der Waals surface area contributed by atoms with E-state index in [9.17, 15) is 9.18 Å². The summed E-state index contributed by atoms with van der Waals surface area (Å²) in [7, 11) is 0. The molecule has 0 bridgehead atoms. The van der Waals surface area contributed by atoms with Gasteiger partial charge in [0.25, 0.3) is 5.91 Å². The van der Waals surface area contributed by atoms with Crippen LogP contribution in [0.2, 0.25) is 5.02 Å². The number of anilines is 1. The molecule has 3 rings (SSSR count). The number of ether oxygens (including phenoxy) is 1. The van der Waals surface area contributed by atoms with E-state index in [1.54, 1.807) is 36.0 Å². The number of amides is 1. The number of benzene rings is 3. The van der Waals surface area contributed by atoms with Crippen molar-refractivity contribution in [2.75, 3.05) is 17.7 Å². The first-order valence-electron chi connectivity index (χ1n) is 8.29. The lowest BCUT2D eigenvalue weighted by Crippen LogP contribution is -2.12. The van der Waals surface area contributed by atoms with Gasteiger partial charge in [-0.3, -0.25) is 4.79 Å². The minimum Gasteiger partial charge on any atom is -0.493 e. The van der Waals surface area contributed by atoms with E-state index in [0.717, 1.165) is 5.75 Å². The number of nitrogens with one attached hydrogen (secondary N) is 1. The van der Waals surface area contributed by atoms with E-state index < -0.39 is 5.82 Å². The van der Waals surface area contributed by atoms with Gasteiger partial charge in [-0.25, -0.2) is 4.39 Å². The molecule has 0 aliphatic rings. The highest BCUT2D eigenvalue weighted by molar-refractivity contribution is 7.99. The van der Waals surface area contributed by atoms with Crippen molar-refractivity contribution in [2.45, 2.75) is 4.90 Å². The molecule has 0 saturated heterocycles. The average Bonchev–Trinajstić information content (AvgIpc) is 2.69. The molecule has 27 heavy (non-hydrogen) atoms. The molecule has 0 radical (unpaired) electrons. The Morgan fingerprint density at radius 2 is 1.78 bits per heavy atom. The number of carbonyl (C=O) groups excluding carboxylic acids is 1. The van der Waals surface area contributed by atoms with E-state index in [4.69, 9.17) is 16.3 Å². The van der Waals surface area contributed by atoms with Crippen LogP contribution in [0.1, 0.15) is 10.4 Å². The van der Waals surface area contributed by atoms with E-state index in [-0.39, 0.29) is 10.9 Å². The van der Waals surface area contributed by atoms with Crippen LogP contribution in [-0.2, 0) is 0 Å². The predicted molar refractivity (Wildman–Crippen MR) is 108 cm³/mol. The largest absolute Gasteiger partial charge is 0.493 e. The van der Waals surface area contributed by atoms with Gasteiger partial charge in [-0.05, 0) is 54.6 Å². The monoisotopic (exact) mass is 401 g/mol. The zero-order chi connectivity index (χ0) is 19.1. The van der Waals surface area contributed by atoms with Gasteiger partial charge in [0, 0.05) is 21.9 Å². The fourth-order valence-electron chi connectivity index (χ4n) is 2.32. The molecule has 0 spiro atoms. The lowest BCUT2D eigenvalue weighted by atomic mass is 10.2. The van der Waals surface area contributed by atoms with Gasteiger partial charge in [0.2, 0.25) is 0 Å². The lowest BCUT2D eigenvalue weighted by Gasteiger charge is -2.08. The summed E-state index contributed by atoms with van der Waals surface area (Å²) in [5.74, 6) is 0.702. The number of thioether (sulfide) groups is 1. The topological polar surface area (TPSA) is 38.3 Å². The summed E-state index contributed by atoms with van der Waals surface area (Å²) in [6.45, 7) is 0.569. The molecule has 1 amide bonds. The van der Waals surface area contributed by atoms with E-state index in [2.05, 4.69) is 17.4 Å². The molecule has 0 atom stereocenters. The van der Waals surface area contributed by atoms with Crippen molar-refractivity contribution in [3.63, 3.8) is 0 Å². The molecule has 0 heterocycles. The Morgan fingerprint density at radius 3 is 2.48 bits per heavy atom. The van der Waals surface area contributed by atoms with Crippen LogP contribution >= 0.6 is 23.4 Å². The van der Waals surface area contributed by atoms with Gasteiger partial charge in [-0.1, -0.05) is 29.8 Å². The molecular formula is C21H17ClFNO2S. The fourth-order valence-corrected chi connectivity index (χ4v) is 3.25. The Bertz CT molecular complexity index is 904. The molecule has 0 fully saturated rings. The van der Waals surface area contributed by atoms with E-state index in [1.165, 1.54) is 23.1 Å². The summed E-state index contributed by atoms with van der Waals surface area (Å²) < 4.78 is 18.9. The van der Waals surface area contributed by atoms with Crippen molar-refractivity contribution >= 4 is 35.0 Å². The van der Waals surface area contributed by atoms with Crippen LogP contribution in [0.3, 0.4) is 0 Å². The van der Waals surface area contributed by atoms with Crippen LogP contribution < -0.4 is 10.1 Å². The quantitative estimate of drug-likeness (QED) is 0.395. The lowest BCUT2D eigenvalue weighted by molar-refractivity contribution is 0.102. The molecule has 6 heteroatoms. The third kappa shape index (κ3) is 5.74. The maximum absolute atomic E-state index is 13.2. The predicted octanol–water partition coefficient (Wildman–Crippen LogP) is 5.90. The van der Waals surface area contributed by atoms with E-state index >= 15 is 0 Å². The van der Waals surface area contributed by atoms with Crippen molar-refractivity contribution in [3.05, 3.63) is 89.2 Å². The second-order valence-corrected chi connectivity index (χ2v) is 7.19. The zero-order valence-electron chi connectivity index (χ0n) is 14.3. The van der Waals surface area contributed by atoms with Crippen LogP contribution in [0.5, 0.6) is 5.75 Å². The normalized spacial score (nSPS) is 10.4. The van der Waals surface area contributed by atoms with Gasteiger partial charge in [-0.15, -0.1) is 11.8 Å². The molecule has 3 aromatic carbocycles. The zero-order valence-corrected chi connectivity index (χ0v) is 15.9. The standard InChI is InChI=1S/C21H17ClFNO2S/c22-19-14-16(8-11-20(19)23)24-21(25)15-6-9-17(10-7-15)26-12-13-27-18-4-2-1-3-5-18/h1-11,14H,12-13H2,(H,24,25). The number of rotatable bonds is 7. The Morgan fingerprint density at radius 1 is 1.04 bits per heavy atom. The maximum Gasteiger partial charge on any atom is 0.255 e. The first kappa shape index (κ1) is 19.3. The van der Waals surface area contributed by atoms with Gasteiger partial charge in [0.05, 0.1) is 11.6 Å². The highest BCUT2D eigenvalue weighted by Gasteiger charge is 2.08. The van der Waals surface area contributed by atoms with Crippen LogP contribution in [0.25, 0.3) is 0 Å². The Labute approximate surface area is 166 Å². The average molecular weight is 402 g/mol. The smallest absolute Gasteiger partial charge is 0.255 e. The summed E-state index contributed by atoms with van der Waals surface area (Å²) in [4.78, 5) is 13.4. The van der Waals surface area contributed by atoms with Crippen LogP contribution in [0, 0.1) is 5.82 Å². The summed E-state index contributed by atoms with van der Waals surface area (Å²) in [5, 5.41) is 2.64. The highest BCUT2D eigenvalue weighted by Crippen LogP contribution is 2.21. The number of hydrogen-bond acceptors (Lipinski definition) is 3. The first-order chi connectivity index (χ1) is 13.1. The number of carbonyl (C=O) groups is 1. The SMILES string of the molecule is O=C(Nc1ccc(F)c(Cl)c1)c1ccc(OCCSc2ccccc2)cc1. The van der Waals surface area contributed by atoms with Crippen molar-refractivity contribution < 1.29 is 13.9 Å². The molecule has 0 aliphatic heterocycles. The number of halogens is 2. The van der Waals surface area contributed by atoms with Gasteiger partial charge in [-0.2, -0.15) is 0 Å². The first-order valence-corrected chi connectivity index (χ1v) is 9.65. The van der Waals surface area contributed by atoms with E-state index in [1.807, 2.05) is 18.2 Å². The van der Waals surface area contributed by atoms with E-state index in [0.29, 0.717) is 23.6 Å². The molecule has 1 N–H and O–H groups in total. The summed E-state index contributed by atoms with van der Waals surface area (Å²) in [6, 6.07) is 21.0. The van der Waals surface area contributed by atoms with Gasteiger partial charge >= 0.3 is 0 Å². The molecule has 138 valence electrons. The van der Waals surface area contributed by atoms with Gasteiger partial charge < -0.3 is 10.1 Å². The molecule has 0 aromatic heterocycles. The Kier molecular flexibility index (Phi) is 6.74. The second-order valence-electron chi connectivity index (χ2n) is 5.62. The Hall–Kier alpha value is -2.50. The third-order valence-electron chi connectivity index (χ3n) is 3.66. The van der Waals surface area contributed by atoms with Crippen LogP contribution in [-0.4, -0.2) is 18.3 Å². The molecule has 0 unspecified atom stereocenters. The minimum atomic E-state index is -0.526. The third-order valence-corrected chi connectivity index (χ3v) is 4.92. The molecule has 3 nitrogen and oxygen atoms in total. The van der Waals surface area contributed by atoms with Crippen molar-refractivity contribution in [2.24, 2.45) is 0 Å². The summed E-state index contributed by atoms with van der Waals surface area (Å²) in [6.07, 6.45) is 0. The van der Waals surface area contributed by atoms with Crippen molar-refractivity contribution in [1.29, 1.82) is 0 Å². The second kappa shape index (κ2) is 9.44. The molecule has 0 saturated carbocycles. The van der Waals surface area contributed by atoms with Gasteiger partial charge in [0.15, 0.2) is 0 Å². The van der Waals surface area contributed by atoms with Crippen LogP contribution in [0.15, 0.2) is 77.7 Å². The highest BCUT2D eigenvalue weighted by atomic mass is 35.5. The van der Waals surface area contributed by atoms with Crippen molar-refractivity contribution in [1.82, 2.24) is 0 Å². The van der Waals surface area contributed by atoms with Crippen molar-refractivity contribution in [3.8, 4) is 5.75 Å².